The van der Waals surface area contributed by atoms with Crippen LogP contribution in [0.4, 0.5) is 0 Å². The van der Waals surface area contributed by atoms with E-state index < -0.39 is 0 Å². The third-order valence-corrected chi connectivity index (χ3v) is 5.22. The normalized spacial score (nSPS) is 12.8. The van der Waals surface area contributed by atoms with E-state index in [1.165, 1.54) is 14.9 Å². The molecule has 1 atom stereocenters. The van der Waals surface area contributed by atoms with Crippen LogP contribution in [0.1, 0.15) is 23.6 Å². The van der Waals surface area contributed by atoms with E-state index in [4.69, 9.17) is 5.73 Å². The Kier molecular flexibility index (Phi) is 6.23. The first-order valence-corrected chi connectivity index (χ1v) is 8.93. The predicted octanol–water partition coefficient (Wildman–Crippen LogP) is 4.80. The van der Waals surface area contributed by atoms with Crippen LogP contribution in [-0.4, -0.2) is 18.5 Å². The molecule has 20 heavy (non-hydrogen) atoms. The molecule has 0 saturated heterocycles. The molecule has 0 saturated carbocycles. The highest BCUT2D eigenvalue weighted by Crippen LogP contribution is 2.22. The molecule has 2 aromatic rings. The van der Waals surface area contributed by atoms with Crippen molar-refractivity contribution in [1.82, 2.24) is 4.90 Å². The third-order valence-electron chi connectivity index (χ3n) is 3.17. The van der Waals surface area contributed by atoms with Gasteiger partial charge >= 0.3 is 0 Å². The summed E-state index contributed by atoms with van der Waals surface area (Å²) in [6.07, 6.45) is 0.957. The van der Waals surface area contributed by atoms with Crippen molar-refractivity contribution in [3.8, 4) is 0 Å². The van der Waals surface area contributed by atoms with Crippen molar-refractivity contribution in [2.24, 2.45) is 5.73 Å². The summed E-state index contributed by atoms with van der Waals surface area (Å²) < 4.78 is 2.27. The summed E-state index contributed by atoms with van der Waals surface area (Å²) in [6.45, 7) is 1.95. The van der Waals surface area contributed by atoms with E-state index in [1.54, 1.807) is 11.3 Å². The Bertz CT molecular complexity index is 556. The van der Waals surface area contributed by atoms with Gasteiger partial charge in [0, 0.05) is 17.1 Å². The standard InChI is InChI=1S/C15H18Br2N2S/c1-19(9-11-7-15(17)20-10-11)6-5-14(18)12-3-2-4-13(16)8-12/h2-4,7-8,10,14H,5-6,9,18H2,1H3. The van der Waals surface area contributed by atoms with Crippen LogP contribution in [0.2, 0.25) is 0 Å². The lowest BCUT2D eigenvalue weighted by molar-refractivity contribution is 0.312. The van der Waals surface area contributed by atoms with Crippen LogP contribution in [0.3, 0.4) is 0 Å². The molecule has 0 aliphatic rings. The first kappa shape index (κ1) is 16.2. The number of nitrogens with two attached hydrogens (primary N) is 1. The highest BCUT2D eigenvalue weighted by molar-refractivity contribution is 9.11. The monoisotopic (exact) mass is 416 g/mol. The van der Waals surface area contributed by atoms with Gasteiger partial charge < -0.3 is 10.6 Å². The molecule has 5 heteroatoms. The van der Waals surface area contributed by atoms with Gasteiger partial charge in [0.2, 0.25) is 0 Å². The van der Waals surface area contributed by atoms with E-state index in [9.17, 15) is 0 Å². The largest absolute Gasteiger partial charge is 0.324 e. The molecular weight excluding hydrogens is 400 g/mol. The summed E-state index contributed by atoms with van der Waals surface area (Å²) in [5, 5.41) is 2.19. The van der Waals surface area contributed by atoms with Gasteiger partial charge in [0.25, 0.3) is 0 Å². The van der Waals surface area contributed by atoms with Crippen LogP contribution in [0.15, 0.2) is 44.0 Å². The number of nitrogens with zero attached hydrogens (tertiary/aromatic N) is 1. The maximum Gasteiger partial charge on any atom is 0.0701 e. The minimum atomic E-state index is 0.0872. The summed E-state index contributed by atoms with van der Waals surface area (Å²) in [4.78, 5) is 2.31. The Balaban J connectivity index is 1.82. The molecule has 2 rings (SSSR count). The molecule has 0 aliphatic heterocycles. The average molecular weight is 418 g/mol. The molecule has 0 amide bonds. The summed E-state index contributed by atoms with van der Waals surface area (Å²) in [7, 11) is 2.14. The Morgan fingerprint density at radius 2 is 2.10 bits per heavy atom. The summed E-state index contributed by atoms with van der Waals surface area (Å²) >= 11 is 8.71. The number of hydrogen-bond acceptors (Lipinski definition) is 3. The molecule has 0 fully saturated rings. The van der Waals surface area contributed by atoms with Gasteiger partial charge in [-0.3, -0.25) is 0 Å². The van der Waals surface area contributed by atoms with Crippen molar-refractivity contribution in [1.29, 1.82) is 0 Å². The van der Waals surface area contributed by atoms with Gasteiger partial charge in [-0.25, -0.2) is 0 Å². The lowest BCUT2D eigenvalue weighted by atomic mass is 10.0. The predicted molar refractivity (Wildman–Crippen MR) is 94.0 cm³/mol. The van der Waals surface area contributed by atoms with Crippen molar-refractivity contribution < 1.29 is 0 Å². The minimum absolute atomic E-state index is 0.0872. The van der Waals surface area contributed by atoms with E-state index in [-0.39, 0.29) is 6.04 Å². The molecule has 2 nitrogen and oxygen atoms in total. The van der Waals surface area contributed by atoms with Gasteiger partial charge in [0.15, 0.2) is 0 Å². The topological polar surface area (TPSA) is 29.3 Å². The Hall–Kier alpha value is -0.200. The molecule has 2 N–H and O–H groups in total. The minimum Gasteiger partial charge on any atom is -0.324 e. The second kappa shape index (κ2) is 7.71. The van der Waals surface area contributed by atoms with Crippen molar-refractivity contribution in [3.05, 3.63) is 55.1 Å². The van der Waals surface area contributed by atoms with Crippen LogP contribution in [0.5, 0.6) is 0 Å². The SMILES string of the molecule is CN(CCC(N)c1cccc(Br)c1)Cc1csc(Br)c1. The highest BCUT2D eigenvalue weighted by atomic mass is 79.9. The maximum absolute atomic E-state index is 6.26. The lowest BCUT2D eigenvalue weighted by Crippen LogP contribution is -2.23. The summed E-state index contributed by atoms with van der Waals surface area (Å²) in [5.74, 6) is 0. The lowest BCUT2D eigenvalue weighted by Gasteiger charge is -2.19. The van der Waals surface area contributed by atoms with Crippen molar-refractivity contribution >= 4 is 43.2 Å². The van der Waals surface area contributed by atoms with Gasteiger partial charge in [-0.05, 0) is 70.6 Å². The Morgan fingerprint density at radius 3 is 2.75 bits per heavy atom. The Labute approximate surface area is 141 Å². The molecule has 0 radical (unpaired) electrons. The number of hydrogen-bond donors (Lipinski definition) is 1. The average Bonchev–Trinajstić information content (AvgIpc) is 2.81. The second-order valence-electron chi connectivity index (χ2n) is 4.95. The van der Waals surface area contributed by atoms with E-state index in [0.29, 0.717) is 0 Å². The Morgan fingerprint density at radius 1 is 1.30 bits per heavy atom. The molecule has 1 heterocycles. The summed E-state index contributed by atoms with van der Waals surface area (Å²) in [6, 6.07) is 10.5. The van der Waals surface area contributed by atoms with Crippen LogP contribution in [0, 0.1) is 0 Å². The first-order chi connectivity index (χ1) is 9.54. The fraction of sp³-hybridized carbons (Fsp3) is 0.333. The third kappa shape index (κ3) is 4.97. The summed E-state index contributed by atoms with van der Waals surface area (Å²) in [5.41, 5.74) is 8.79. The molecule has 108 valence electrons. The van der Waals surface area contributed by atoms with Gasteiger partial charge in [0.05, 0.1) is 3.79 Å². The van der Waals surface area contributed by atoms with E-state index in [2.05, 4.69) is 67.4 Å². The number of benzene rings is 1. The van der Waals surface area contributed by atoms with Crippen molar-refractivity contribution in [2.45, 2.75) is 19.0 Å². The number of halogens is 2. The first-order valence-electron chi connectivity index (χ1n) is 6.47. The van der Waals surface area contributed by atoms with Gasteiger partial charge in [0.1, 0.15) is 0 Å². The molecule has 0 aliphatic carbocycles. The fourth-order valence-corrected chi connectivity index (χ4v) is 3.70. The zero-order valence-electron chi connectivity index (χ0n) is 11.4. The number of thiophene rings is 1. The highest BCUT2D eigenvalue weighted by Gasteiger charge is 2.09. The van der Waals surface area contributed by atoms with Crippen molar-refractivity contribution in [2.75, 3.05) is 13.6 Å². The fourth-order valence-electron chi connectivity index (χ4n) is 2.08. The zero-order valence-corrected chi connectivity index (χ0v) is 15.3. The number of rotatable bonds is 6. The zero-order chi connectivity index (χ0) is 14.5. The van der Waals surface area contributed by atoms with Crippen molar-refractivity contribution in [3.63, 3.8) is 0 Å². The van der Waals surface area contributed by atoms with E-state index in [0.717, 1.165) is 24.0 Å². The second-order valence-corrected chi connectivity index (χ2v) is 8.15. The molecular formula is C15H18Br2N2S. The molecule has 1 unspecified atom stereocenters. The molecule has 1 aromatic heterocycles. The van der Waals surface area contributed by atoms with Crippen LogP contribution < -0.4 is 5.73 Å². The quantitative estimate of drug-likeness (QED) is 0.731. The smallest absolute Gasteiger partial charge is 0.0701 e. The van der Waals surface area contributed by atoms with Crippen LogP contribution in [0.25, 0.3) is 0 Å². The van der Waals surface area contributed by atoms with E-state index in [1.807, 2.05) is 12.1 Å². The van der Waals surface area contributed by atoms with Gasteiger partial charge in [-0.1, -0.05) is 28.1 Å². The van der Waals surface area contributed by atoms with E-state index >= 15 is 0 Å². The van der Waals surface area contributed by atoms with Crippen LogP contribution in [-0.2, 0) is 6.54 Å². The van der Waals surface area contributed by atoms with Crippen LogP contribution >= 0.6 is 43.2 Å². The maximum atomic E-state index is 6.26. The van der Waals surface area contributed by atoms with Gasteiger partial charge in [-0.15, -0.1) is 11.3 Å². The molecule has 1 aromatic carbocycles. The van der Waals surface area contributed by atoms with Gasteiger partial charge in [-0.2, -0.15) is 0 Å². The molecule has 0 spiro atoms. The molecule has 0 bridgehead atoms.